The number of ether oxygens (including phenoxy) is 1. The number of nitrogens with two attached hydrogens (primary N) is 1. The van der Waals surface area contributed by atoms with E-state index in [1.807, 2.05) is 77.5 Å². The molecule has 0 bridgehead atoms. The van der Waals surface area contributed by atoms with Crippen LogP contribution in [0.25, 0.3) is 40.0 Å². The van der Waals surface area contributed by atoms with Crippen LogP contribution in [0.1, 0.15) is 11.4 Å². The third-order valence-corrected chi connectivity index (χ3v) is 6.09. The number of aromatic nitrogens is 4. The van der Waals surface area contributed by atoms with E-state index < -0.39 is 0 Å². The molecule has 4 heterocycles. The summed E-state index contributed by atoms with van der Waals surface area (Å²) < 4.78 is 7.47. The van der Waals surface area contributed by atoms with Gasteiger partial charge in [0.1, 0.15) is 5.69 Å². The number of pyridine rings is 1. The highest BCUT2D eigenvalue weighted by Crippen LogP contribution is 2.31. The fraction of sp³-hybridized carbons (Fsp3) is 0.148. The molecule has 0 saturated carbocycles. The van der Waals surface area contributed by atoms with Crippen molar-refractivity contribution >= 4 is 40.1 Å². The first-order valence-corrected chi connectivity index (χ1v) is 11.4. The Kier molecular flexibility index (Phi) is 5.16. The number of rotatable bonds is 4. The number of anilines is 2. The summed E-state index contributed by atoms with van der Waals surface area (Å²) in [5.74, 6) is 0. The minimum absolute atomic E-state index is 0.709. The van der Waals surface area contributed by atoms with Crippen molar-refractivity contribution < 1.29 is 4.74 Å². The van der Waals surface area contributed by atoms with E-state index in [9.17, 15) is 0 Å². The minimum atomic E-state index is 0.709. The summed E-state index contributed by atoms with van der Waals surface area (Å²) in [6, 6.07) is 22.1. The molecule has 2 N–H and O–H groups in total. The lowest BCUT2D eigenvalue weighted by Gasteiger charge is -2.28. The number of hydrogen-bond donors (Lipinski definition) is 1. The highest BCUT2D eigenvalue weighted by Gasteiger charge is 2.20. The highest BCUT2D eigenvalue weighted by molar-refractivity contribution is 5.84. The number of fused-ring (bicyclic) bond motifs is 2. The summed E-state index contributed by atoms with van der Waals surface area (Å²) in [5, 5.41) is 5.79. The monoisotopic (exact) mass is 448 g/mol. The Morgan fingerprint density at radius 2 is 1.68 bits per heavy atom. The predicted molar refractivity (Wildman–Crippen MR) is 137 cm³/mol. The number of benzene rings is 2. The Morgan fingerprint density at radius 3 is 2.53 bits per heavy atom. The first-order chi connectivity index (χ1) is 16.8. The van der Waals surface area contributed by atoms with E-state index in [2.05, 4.69) is 22.1 Å². The molecule has 0 amide bonds. The number of morpholine rings is 1. The molecule has 0 spiro atoms. The van der Waals surface area contributed by atoms with Crippen molar-refractivity contribution in [3.05, 3.63) is 84.3 Å². The van der Waals surface area contributed by atoms with Gasteiger partial charge in [0.25, 0.3) is 0 Å². The third-order valence-electron chi connectivity index (χ3n) is 6.09. The molecule has 34 heavy (non-hydrogen) atoms. The van der Waals surface area contributed by atoms with Crippen molar-refractivity contribution in [1.82, 2.24) is 19.6 Å². The molecule has 6 rings (SSSR count). The Labute approximate surface area is 197 Å². The average molecular weight is 449 g/mol. The maximum Gasteiger partial charge on any atom is 0.178 e. The van der Waals surface area contributed by atoms with Gasteiger partial charge in [0.2, 0.25) is 0 Å². The second-order valence-electron chi connectivity index (χ2n) is 8.28. The highest BCUT2D eigenvalue weighted by atomic mass is 16.5. The van der Waals surface area contributed by atoms with Crippen LogP contribution in [-0.4, -0.2) is 45.9 Å². The van der Waals surface area contributed by atoms with Crippen molar-refractivity contribution in [1.29, 1.82) is 0 Å². The van der Waals surface area contributed by atoms with Gasteiger partial charge >= 0.3 is 0 Å². The third kappa shape index (κ3) is 3.76. The molecule has 1 aliphatic heterocycles. The number of nitrogens with zero attached hydrogens (tertiary/aromatic N) is 5. The lowest BCUT2D eigenvalue weighted by Crippen LogP contribution is -2.36. The van der Waals surface area contributed by atoms with Gasteiger partial charge in [-0.05, 0) is 42.5 Å². The van der Waals surface area contributed by atoms with Gasteiger partial charge in [-0.2, -0.15) is 5.10 Å². The lowest BCUT2D eigenvalue weighted by atomic mass is 10.1. The number of para-hydroxylation sites is 1. The van der Waals surface area contributed by atoms with Crippen molar-refractivity contribution in [2.24, 2.45) is 0 Å². The van der Waals surface area contributed by atoms with Crippen molar-refractivity contribution in [3.63, 3.8) is 0 Å². The first kappa shape index (κ1) is 20.4. The molecule has 7 heteroatoms. The fourth-order valence-corrected chi connectivity index (χ4v) is 4.37. The van der Waals surface area contributed by atoms with Crippen LogP contribution >= 0.6 is 0 Å². The van der Waals surface area contributed by atoms with E-state index in [1.165, 1.54) is 0 Å². The van der Waals surface area contributed by atoms with E-state index >= 15 is 0 Å². The van der Waals surface area contributed by atoms with Crippen LogP contribution in [0.15, 0.2) is 72.9 Å². The van der Waals surface area contributed by atoms with Crippen molar-refractivity contribution in [2.45, 2.75) is 0 Å². The molecule has 2 aromatic carbocycles. The molecule has 1 saturated heterocycles. The Balaban J connectivity index is 1.49. The van der Waals surface area contributed by atoms with Crippen LogP contribution < -0.4 is 10.6 Å². The molecule has 1 fully saturated rings. The lowest BCUT2D eigenvalue weighted by molar-refractivity contribution is 0.123. The summed E-state index contributed by atoms with van der Waals surface area (Å²) in [6.45, 7) is 3.08. The normalized spacial score (nSPS) is 14.4. The van der Waals surface area contributed by atoms with Gasteiger partial charge in [-0.15, -0.1) is 0 Å². The van der Waals surface area contributed by atoms with Crippen molar-refractivity contribution in [2.75, 3.05) is 36.9 Å². The first-order valence-electron chi connectivity index (χ1n) is 11.4. The molecule has 168 valence electrons. The Bertz CT molecular complexity index is 1500. The topological polar surface area (TPSA) is 81.6 Å². The Hall–Kier alpha value is -4.23. The number of imidazole rings is 1. The van der Waals surface area contributed by atoms with Crippen molar-refractivity contribution in [3.8, 4) is 11.3 Å². The minimum Gasteiger partial charge on any atom is -0.399 e. The van der Waals surface area contributed by atoms with Gasteiger partial charge in [0.05, 0.1) is 42.0 Å². The SMILES string of the molecule is Nc1ccc(-c2c(C=Cc3ccc4ccccc4n3)nc3c(N4CCOCC4)ccnn23)cc1. The largest absolute Gasteiger partial charge is 0.399 e. The van der Waals surface area contributed by atoms with Gasteiger partial charge in [-0.25, -0.2) is 14.5 Å². The van der Waals surface area contributed by atoms with Crippen LogP contribution in [-0.2, 0) is 4.74 Å². The molecule has 7 nitrogen and oxygen atoms in total. The van der Waals surface area contributed by atoms with E-state index in [0.29, 0.717) is 13.2 Å². The average Bonchev–Trinajstić information content (AvgIpc) is 3.27. The second kappa shape index (κ2) is 8.61. The van der Waals surface area contributed by atoms with E-state index in [-0.39, 0.29) is 0 Å². The molecule has 3 aromatic heterocycles. The smallest absolute Gasteiger partial charge is 0.178 e. The van der Waals surface area contributed by atoms with E-state index in [0.717, 1.165) is 63.7 Å². The summed E-state index contributed by atoms with van der Waals surface area (Å²) in [7, 11) is 0. The summed E-state index contributed by atoms with van der Waals surface area (Å²) >= 11 is 0. The molecule has 5 aromatic rings. The van der Waals surface area contributed by atoms with Gasteiger partial charge in [-0.3, -0.25) is 0 Å². The van der Waals surface area contributed by atoms with E-state index in [1.54, 1.807) is 0 Å². The standard InChI is InChI=1S/C27H24N6O/c28-21-8-5-20(6-9-21)26-24(12-11-22-10-7-19-3-1-2-4-23(19)30-22)31-27-25(13-14-29-33(26)27)32-15-17-34-18-16-32/h1-14H,15-18,28H2. The molecular weight excluding hydrogens is 424 g/mol. The maximum absolute atomic E-state index is 5.95. The van der Waals surface area contributed by atoms with Crippen LogP contribution in [0.3, 0.4) is 0 Å². The van der Waals surface area contributed by atoms with Gasteiger partial charge < -0.3 is 15.4 Å². The molecule has 0 aliphatic carbocycles. The van der Waals surface area contributed by atoms with Crippen LogP contribution in [0.4, 0.5) is 11.4 Å². The fourth-order valence-electron chi connectivity index (χ4n) is 4.37. The summed E-state index contributed by atoms with van der Waals surface area (Å²) in [4.78, 5) is 12.1. The quantitative estimate of drug-likeness (QED) is 0.407. The molecule has 1 aliphatic rings. The Morgan fingerprint density at radius 1 is 0.853 bits per heavy atom. The summed E-state index contributed by atoms with van der Waals surface area (Å²) in [6.07, 6.45) is 5.85. The van der Waals surface area contributed by atoms with E-state index in [4.69, 9.17) is 20.4 Å². The van der Waals surface area contributed by atoms with Crippen LogP contribution in [0, 0.1) is 0 Å². The maximum atomic E-state index is 5.95. The number of nitrogen functional groups attached to an aromatic ring is 1. The van der Waals surface area contributed by atoms with Gasteiger partial charge in [0.15, 0.2) is 5.65 Å². The molecule has 0 atom stereocenters. The zero-order chi connectivity index (χ0) is 22.9. The zero-order valence-electron chi connectivity index (χ0n) is 18.6. The van der Waals surface area contributed by atoms with Crippen LogP contribution in [0.2, 0.25) is 0 Å². The van der Waals surface area contributed by atoms with Crippen LogP contribution in [0.5, 0.6) is 0 Å². The molecule has 0 unspecified atom stereocenters. The second-order valence-corrected chi connectivity index (χ2v) is 8.28. The molecular formula is C27H24N6O. The number of hydrogen-bond acceptors (Lipinski definition) is 6. The van der Waals surface area contributed by atoms with Gasteiger partial charge in [0, 0.05) is 29.7 Å². The molecule has 0 radical (unpaired) electrons. The van der Waals surface area contributed by atoms with Gasteiger partial charge in [-0.1, -0.05) is 36.4 Å². The summed E-state index contributed by atoms with van der Waals surface area (Å²) in [5.41, 5.74) is 13.1. The predicted octanol–water partition coefficient (Wildman–Crippen LogP) is 4.53. The zero-order valence-corrected chi connectivity index (χ0v) is 18.6.